The third kappa shape index (κ3) is 4.47. The molecule has 0 spiro atoms. The van der Waals surface area contributed by atoms with Gasteiger partial charge in [0, 0.05) is 5.54 Å². The Hall–Kier alpha value is -2.57. The lowest BCUT2D eigenvalue weighted by Gasteiger charge is -2.20. The van der Waals surface area contributed by atoms with Crippen LogP contribution in [0, 0.1) is 0 Å². The van der Waals surface area contributed by atoms with Crippen LogP contribution in [0.4, 0.5) is 0 Å². The summed E-state index contributed by atoms with van der Waals surface area (Å²) in [6.45, 7) is 6.45. The Morgan fingerprint density at radius 3 is 2.59 bits per heavy atom. The molecular formula is C15H22N6O. The second kappa shape index (κ2) is 6.46. The highest BCUT2D eigenvalue weighted by Gasteiger charge is 2.10. The smallest absolute Gasteiger partial charge is 0.189 e. The van der Waals surface area contributed by atoms with Crippen LogP contribution < -0.4 is 15.8 Å². The predicted octanol–water partition coefficient (Wildman–Crippen LogP) is 1.48. The molecule has 7 nitrogen and oxygen atoms in total. The summed E-state index contributed by atoms with van der Waals surface area (Å²) < 4.78 is 6.82. The van der Waals surface area contributed by atoms with E-state index in [2.05, 4.69) is 20.6 Å². The maximum atomic E-state index is 5.83. The van der Waals surface area contributed by atoms with Gasteiger partial charge >= 0.3 is 0 Å². The van der Waals surface area contributed by atoms with Crippen molar-refractivity contribution in [1.29, 1.82) is 0 Å². The first-order valence-corrected chi connectivity index (χ1v) is 7.01. The molecule has 0 aliphatic rings. The molecule has 0 saturated heterocycles. The lowest BCUT2D eigenvalue weighted by atomic mass is 10.1. The maximum absolute atomic E-state index is 5.83. The second-order valence-corrected chi connectivity index (χ2v) is 5.93. The molecule has 2 aromatic rings. The molecule has 0 aliphatic carbocycles. The average molecular weight is 302 g/mol. The van der Waals surface area contributed by atoms with E-state index in [-0.39, 0.29) is 5.54 Å². The molecule has 0 fully saturated rings. The number of aliphatic imine (C=N–C) groups is 1. The number of benzene rings is 1. The van der Waals surface area contributed by atoms with Gasteiger partial charge in [-0.2, -0.15) is 0 Å². The number of guanidine groups is 1. The van der Waals surface area contributed by atoms with Crippen LogP contribution in [-0.2, 0) is 6.54 Å². The van der Waals surface area contributed by atoms with E-state index in [1.54, 1.807) is 11.8 Å². The molecule has 0 bridgehead atoms. The van der Waals surface area contributed by atoms with Crippen LogP contribution >= 0.6 is 0 Å². The predicted molar refractivity (Wildman–Crippen MR) is 86.1 cm³/mol. The molecule has 0 amide bonds. The van der Waals surface area contributed by atoms with Gasteiger partial charge < -0.3 is 15.8 Å². The Labute approximate surface area is 130 Å². The van der Waals surface area contributed by atoms with E-state index in [1.165, 1.54) is 0 Å². The Morgan fingerprint density at radius 1 is 1.32 bits per heavy atom. The molecule has 7 heteroatoms. The largest absolute Gasteiger partial charge is 0.497 e. The number of nitrogens with two attached hydrogens (primary N) is 1. The molecule has 1 heterocycles. The van der Waals surface area contributed by atoms with Crippen LogP contribution in [0.25, 0.3) is 5.69 Å². The van der Waals surface area contributed by atoms with Crippen molar-refractivity contribution in [2.24, 2.45) is 10.7 Å². The minimum atomic E-state index is -0.117. The van der Waals surface area contributed by atoms with Crippen molar-refractivity contribution in [1.82, 2.24) is 20.3 Å². The summed E-state index contributed by atoms with van der Waals surface area (Å²) in [6.07, 6.45) is 1.83. The summed E-state index contributed by atoms with van der Waals surface area (Å²) in [7, 11) is 1.64. The van der Waals surface area contributed by atoms with E-state index in [0.717, 1.165) is 17.1 Å². The summed E-state index contributed by atoms with van der Waals surface area (Å²) in [4.78, 5) is 4.26. The third-order valence-corrected chi connectivity index (χ3v) is 2.79. The topological polar surface area (TPSA) is 90.3 Å². The van der Waals surface area contributed by atoms with Crippen LogP contribution in [0.3, 0.4) is 0 Å². The van der Waals surface area contributed by atoms with Crippen LogP contribution in [0.2, 0.25) is 0 Å². The van der Waals surface area contributed by atoms with Crippen LogP contribution in [0.1, 0.15) is 26.5 Å². The molecule has 1 aromatic heterocycles. The Kier molecular flexibility index (Phi) is 4.65. The summed E-state index contributed by atoms with van der Waals surface area (Å²) in [5.74, 6) is 1.20. The lowest BCUT2D eigenvalue weighted by Crippen LogP contribution is -2.44. The fourth-order valence-corrected chi connectivity index (χ4v) is 1.82. The number of hydrogen-bond donors (Lipinski definition) is 2. The molecule has 3 N–H and O–H groups in total. The number of nitrogens with zero attached hydrogens (tertiary/aromatic N) is 4. The van der Waals surface area contributed by atoms with Crippen LogP contribution in [-0.4, -0.2) is 33.6 Å². The maximum Gasteiger partial charge on any atom is 0.189 e. The SMILES string of the molecule is COc1ccc(-n2cc(CN=C(N)NC(C)(C)C)nn2)cc1. The average Bonchev–Trinajstić information content (AvgIpc) is 2.92. The Bertz CT molecular complexity index is 639. The highest BCUT2D eigenvalue weighted by Crippen LogP contribution is 2.14. The highest BCUT2D eigenvalue weighted by atomic mass is 16.5. The van der Waals surface area contributed by atoms with Gasteiger partial charge in [0.15, 0.2) is 5.96 Å². The second-order valence-electron chi connectivity index (χ2n) is 5.93. The summed E-state index contributed by atoms with van der Waals surface area (Å²) in [5.41, 5.74) is 7.36. The van der Waals surface area contributed by atoms with Crippen molar-refractivity contribution < 1.29 is 4.74 Å². The van der Waals surface area contributed by atoms with Crippen LogP contribution in [0.5, 0.6) is 5.75 Å². The van der Waals surface area contributed by atoms with Crippen molar-refractivity contribution in [3.63, 3.8) is 0 Å². The number of ether oxygens (including phenoxy) is 1. The van der Waals surface area contributed by atoms with Gasteiger partial charge in [-0.15, -0.1) is 5.10 Å². The summed E-state index contributed by atoms with van der Waals surface area (Å²) >= 11 is 0. The van der Waals surface area contributed by atoms with Gasteiger partial charge in [0.2, 0.25) is 0 Å². The molecule has 118 valence electrons. The zero-order valence-corrected chi connectivity index (χ0v) is 13.4. The molecule has 0 aliphatic heterocycles. The number of nitrogens with one attached hydrogen (secondary N) is 1. The molecular weight excluding hydrogens is 280 g/mol. The highest BCUT2D eigenvalue weighted by molar-refractivity contribution is 5.78. The van der Waals surface area contributed by atoms with Gasteiger partial charge in [0.1, 0.15) is 11.4 Å². The van der Waals surface area contributed by atoms with Gasteiger partial charge in [-0.3, -0.25) is 0 Å². The molecule has 0 unspecified atom stereocenters. The minimum Gasteiger partial charge on any atom is -0.497 e. The van der Waals surface area contributed by atoms with Crippen molar-refractivity contribution in [3.8, 4) is 11.4 Å². The van der Waals surface area contributed by atoms with Crippen molar-refractivity contribution in [2.45, 2.75) is 32.9 Å². The van der Waals surface area contributed by atoms with Gasteiger partial charge in [0.25, 0.3) is 0 Å². The number of rotatable bonds is 4. The summed E-state index contributed by atoms with van der Waals surface area (Å²) in [6, 6.07) is 7.58. The molecule has 0 radical (unpaired) electrons. The molecule has 1 aromatic carbocycles. The number of methoxy groups -OCH3 is 1. The van der Waals surface area contributed by atoms with Gasteiger partial charge in [0.05, 0.1) is 25.5 Å². The van der Waals surface area contributed by atoms with Gasteiger partial charge in [-0.05, 0) is 45.0 Å². The third-order valence-electron chi connectivity index (χ3n) is 2.79. The normalized spacial score (nSPS) is 12.3. The first-order chi connectivity index (χ1) is 10.4. The van der Waals surface area contributed by atoms with E-state index in [4.69, 9.17) is 10.5 Å². The van der Waals surface area contributed by atoms with Crippen molar-refractivity contribution in [2.75, 3.05) is 7.11 Å². The fourth-order valence-electron chi connectivity index (χ4n) is 1.82. The van der Waals surface area contributed by atoms with Crippen LogP contribution in [0.15, 0.2) is 35.5 Å². The zero-order chi connectivity index (χ0) is 16.2. The number of hydrogen-bond acceptors (Lipinski definition) is 4. The molecule has 22 heavy (non-hydrogen) atoms. The van der Waals surface area contributed by atoms with E-state index >= 15 is 0 Å². The van der Waals surface area contributed by atoms with E-state index < -0.39 is 0 Å². The Balaban J connectivity index is 2.03. The zero-order valence-electron chi connectivity index (χ0n) is 13.4. The number of aromatic nitrogens is 3. The van der Waals surface area contributed by atoms with Gasteiger partial charge in [-0.1, -0.05) is 5.21 Å². The fraction of sp³-hybridized carbons (Fsp3) is 0.400. The minimum absolute atomic E-state index is 0.117. The van der Waals surface area contributed by atoms with E-state index in [1.807, 2.05) is 51.2 Å². The summed E-state index contributed by atoms with van der Waals surface area (Å²) in [5, 5.41) is 11.3. The lowest BCUT2D eigenvalue weighted by molar-refractivity contribution is 0.414. The van der Waals surface area contributed by atoms with E-state index in [0.29, 0.717) is 12.5 Å². The molecule has 0 atom stereocenters. The first-order valence-electron chi connectivity index (χ1n) is 7.01. The standard InChI is InChI=1S/C15H22N6O/c1-15(2,3)18-14(16)17-9-11-10-21(20-19-11)12-5-7-13(22-4)8-6-12/h5-8,10H,9H2,1-4H3,(H3,16,17,18). The van der Waals surface area contributed by atoms with Crippen molar-refractivity contribution >= 4 is 5.96 Å². The quantitative estimate of drug-likeness (QED) is 0.659. The Morgan fingerprint density at radius 2 is 2.00 bits per heavy atom. The molecule has 0 saturated carbocycles. The van der Waals surface area contributed by atoms with E-state index in [9.17, 15) is 0 Å². The van der Waals surface area contributed by atoms with Gasteiger partial charge in [-0.25, -0.2) is 9.67 Å². The monoisotopic (exact) mass is 302 g/mol. The van der Waals surface area contributed by atoms with Crippen molar-refractivity contribution in [3.05, 3.63) is 36.2 Å². The molecule has 2 rings (SSSR count). The first kappa shape index (κ1) is 15.8.